The molecule has 3 aromatic rings. The normalized spacial score (nSPS) is 10.9. The lowest BCUT2D eigenvalue weighted by molar-refractivity contribution is 0.0995. The van der Waals surface area contributed by atoms with Crippen LogP contribution < -0.4 is 5.32 Å². The number of aromatic nitrogens is 1. The second-order valence-corrected chi connectivity index (χ2v) is 6.29. The van der Waals surface area contributed by atoms with Crippen LogP contribution in [-0.4, -0.2) is 10.9 Å². The van der Waals surface area contributed by atoms with Crippen molar-refractivity contribution in [2.45, 2.75) is 13.8 Å². The smallest absolute Gasteiger partial charge is 0.293 e. The largest absolute Gasteiger partial charge is 0.444 e. The number of halogens is 1. The molecule has 0 unspecified atom stereocenters. The second-order valence-electron chi connectivity index (χ2n) is 4.48. The number of carbonyl (C=O) groups is 1. The molecule has 0 atom stereocenters. The zero-order valence-corrected chi connectivity index (χ0v) is 13.3. The van der Waals surface area contributed by atoms with E-state index in [2.05, 4.69) is 39.2 Å². The Labute approximate surface area is 127 Å². The van der Waals surface area contributed by atoms with Gasteiger partial charge in [-0.25, -0.2) is 4.98 Å². The highest BCUT2D eigenvalue weighted by Crippen LogP contribution is 2.28. The van der Waals surface area contributed by atoms with E-state index in [1.54, 1.807) is 12.1 Å². The summed E-state index contributed by atoms with van der Waals surface area (Å²) >= 11 is 4.62. The maximum absolute atomic E-state index is 12.0. The Kier molecular flexibility index (Phi) is 3.35. The zero-order valence-electron chi connectivity index (χ0n) is 10.9. The van der Waals surface area contributed by atoms with E-state index in [4.69, 9.17) is 4.42 Å². The molecule has 0 aliphatic carbocycles. The number of aryl methyl sites for hydroxylation is 2. The van der Waals surface area contributed by atoms with Crippen molar-refractivity contribution in [2.24, 2.45) is 0 Å². The maximum atomic E-state index is 12.0. The highest BCUT2D eigenvalue weighted by molar-refractivity contribution is 9.10. The van der Waals surface area contributed by atoms with Crippen LogP contribution in [-0.2, 0) is 0 Å². The molecule has 0 bridgehead atoms. The molecule has 20 heavy (non-hydrogen) atoms. The number of rotatable bonds is 2. The highest BCUT2D eigenvalue weighted by Gasteiger charge is 2.13. The fourth-order valence-electron chi connectivity index (χ4n) is 1.83. The van der Waals surface area contributed by atoms with Crippen molar-refractivity contribution < 1.29 is 9.21 Å². The molecule has 1 N–H and O–H groups in total. The first kappa shape index (κ1) is 13.3. The molecule has 0 fully saturated rings. The molecule has 0 spiro atoms. The third-order valence-corrected chi connectivity index (χ3v) is 4.38. The van der Waals surface area contributed by atoms with Gasteiger partial charge in [0.05, 0.1) is 10.2 Å². The first-order chi connectivity index (χ1) is 9.52. The Balaban J connectivity index is 1.89. The quantitative estimate of drug-likeness (QED) is 0.739. The van der Waals surface area contributed by atoms with Crippen molar-refractivity contribution in [2.75, 3.05) is 5.32 Å². The van der Waals surface area contributed by atoms with E-state index < -0.39 is 0 Å². The van der Waals surface area contributed by atoms with Gasteiger partial charge in [-0.3, -0.25) is 10.1 Å². The van der Waals surface area contributed by atoms with Crippen LogP contribution in [0, 0.1) is 13.8 Å². The van der Waals surface area contributed by atoms with Gasteiger partial charge in [0.25, 0.3) is 5.91 Å². The van der Waals surface area contributed by atoms with E-state index in [1.165, 1.54) is 22.5 Å². The van der Waals surface area contributed by atoms with Crippen LogP contribution in [0.1, 0.15) is 21.7 Å². The van der Waals surface area contributed by atoms with E-state index in [9.17, 15) is 4.79 Å². The van der Waals surface area contributed by atoms with Gasteiger partial charge in [-0.15, -0.1) is 0 Å². The van der Waals surface area contributed by atoms with Gasteiger partial charge in [0.15, 0.2) is 15.6 Å². The van der Waals surface area contributed by atoms with Crippen LogP contribution in [0.2, 0.25) is 0 Å². The van der Waals surface area contributed by atoms with Gasteiger partial charge in [-0.05, 0) is 65.2 Å². The van der Waals surface area contributed by atoms with Crippen molar-refractivity contribution >= 4 is 48.5 Å². The molecule has 2 aromatic heterocycles. The molecule has 6 heteroatoms. The Hall–Kier alpha value is -1.66. The van der Waals surface area contributed by atoms with Crippen LogP contribution in [0.15, 0.2) is 33.4 Å². The van der Waals surface area contributed by atoms with Gasteiger partial charge in [-0.2, -0.15) is 0 Å². The van der Waals surface area contributed by atoms with Gasteiger partial charge < -0.3 is 4.42 Å². The van der Waals surface area contributed by atoms with Gasteiger partial charge in [0.1, 0.15) is 0 Å². The molecule has 102 valence electrons. The Morgan fingerprint density at radius 1 is 1.30 bits per heavy atom. The number of hydrogen-bond donors (Lipinski definition) is 1. The van der Waals surface area contributed by atoms with Crippen molar-refractivity contribution in [3.63, 3.8) is 0 Å². The number of fused-ring (bicyclic) bond motifs is 1. The third-order valence-electron chi connectivity index (χ3n) is 3.02. The number of nitrogens with zero attached hydrogens (tertiary/aromatic N) is 1. The van der Waals surface area contributed by atoms with Crippen molar-refractivity contribution in [3.8, 4) is 0 Å². The third kappa shape index (κ3) is 2.48. The standard InChI is InChI=1S/C14H11BrN2O2S/c1-7-5-9-11(6-8(7)2)20-14(16-9)17-13(18)10-3-4-12(15)19-10/h3-6H,1-2H3,(H,16,17,18). The molecule has 0 saturated carbocycles. The van der Waals surface area contributed by atoms with Crippen LogP contribution >= 0.6 is 27.3 Å². The number of nitrogens with one attached hydrogen (secondary N) is 1. The summed E-state index contributed by atoms with van der Waals surface area (Å²) in [4.78, 5) is 16.4. The molecule has 4 nitrogen and oxygen atoms in total. The molecule has 0 radical (unpaired) electrons. The monoisotopic (exact) mass is 350 g/mol. The van der Waals surface area contributed by atoms with Gasteiger partial charge in [-0.1, -0.05) is 11.3 Å². The number of anilines is 1. The predicted octanol–water partition coefficient (Wildman–Crippen LogP) is 4.52. The summed E-state index contributed by atoms with van der Waals surface area (Å²) in [6.45, 7) is 4.11. The SMILES string of the molecule is Cc1cc2nc(NC(=O)c3ccc(Br)o3)sc2cc1C. The summed E-state index contributed by atoms with van der Waals surface area (Å²) in [6, 6.07) is 7.41. The lowest BCUT2D eigenvalue weighted by Gasteiger charge is -1.97. The highest BCUT2D eigenvalue weighted by atomic mass is 79.9. The molecule has 0 saturated heterocycles. The summed E-state index contributed by atoms with van der Waals surface area (Å²) in [6.07, 6.45) is 0. The first-order valence-corrected chi connectivity index (χ1v) is 7.58. The minimum absolute atomic E-state index is 0.253. The van der Waals surface area contributed by atoms with E-state index >= 15 is 0 Å². The summed E-state index contributed by atoms with van der Waals surface area (Å²) in [5.41, 5.74) is 3.30. The summed E-state index contributed by atoms with van der Waals surface area (Å²) in [5.74, 6) is -0.0494. The van der Waals surface area contributed by atoms with Crippen LogP contribution in [0.25, 0.3) is 10.2 Å². The number of hydrogen-bond acceptors (Lipinski definition) is 4. The number of thiazole rings is 1. The van der Waals surface area contributed by atoms with Gasteiger partial charge >= 0.3 is 0 Å². The fraction of sp³-hybridized carbons (Fsp3) is 0.143. The van der Waals surface area contributed by atoms with Crippen molar-refractivity contribution in [3.05, 3.63) is 45.8 Å². The molecular formula is C14H11BrN2O2S. The molecule has 1 amide bonds. The van der Waals surface area contributed by atoms with Gasteiger partial charge in [0.2, 0.25) is 0 Å². The number of furan rings is 1. The van der Waals surface area contributed by atoms with Crippen LogP contribution in [0.5, 0.6) is 0 Å². The Bertz CT molecular complexity index is 768. The average Bonchev–Trinajstić information content (AvgIpc) is 2.96. The molecule has 2 heterocycles. The van der Waals surface area contributed by atoms with Crippen molar-refractivity contribution in [1.29, 1.82) is 0 Å². The van der Waals surface area contributed by atoms with E-state index in [0.717, 1.165) is 10.2 Å². The summed E-state index contributed by atoms with van der Waals surface area (Å²) in [5, 5.41) is 3.33. The zero-order chi connectivity index (χ0) is 14.3. The molecule has 0 aliphatic rings. The molecule has 0 aliphatic heterocycles. The fourth-order valence-corrected chi connectivity index (χ4v) is 3.08. The van der Waals surface area contributed by atoms with Crippen LogP contribution in [0.3, 0.4) is 0 Å². The second kappa shape index (κ2) is 5.03. The Morgan fingerprint density at radius 2 is 2.05 bits per heavy atom. The lowest BCUT2D eigenvalue weighted by atomic mass is 10.1. The van der Waals surface area contributed by atoms with E-state index in [0.29, 0.717) is 9.80 Å². The minimum Gasteiger partial charge on any atom is -0.444 e. The molecular weight excluding hydrogens is 340 g/mol. The number of benzene rings is 1. The summed E-state index contributed by atoms with van der Waals surface area (Å²) in [7, 11) is 0. The first-order valence-electron chi connectivity index (χ1n) is 5.97. The van der Waals surface area contributed by atoms with Crippen LogP contribution in [0.4, 0.5) is 5.13 Å². The number of amides is 1. The lowest BCUT2D eigenvalue weighted by Crippen LogP contribution is -2.10. The maximum Gasteiger partial charge on any atom is 0.293 e. The van der Waals surface area contributed by atoms with Gasteiger partial charge in [0, 0.05) is 0 Å². The minimum atomic E-state index is -0.303. The van der Waals surface area contributed by atoms with E-state index in [-0.39, 0.29) is 11.7 Å². The topological polar surface area (TPSA) is 55.1 Å². The van der Waals surface area contributed by atoms with E-state index in [1.807, 2.05) is 13.0 Å². The van der Waals surface area contributed by atoms with Crippen molar-refractivity contribution in [1.82, 2.24) is 4.98 Å². The summed E-state index contributed by atoms with van der Waals surface area (Å²) < 4.78 is 6.80. The molecule has 1 aromatic carbocycles. The molecule has 3 rings (SSSR count). The predicted molar refractivity (Wildman–Crippen MR) is 83.5 cm³/mol. The Morgan fingerprint density at radius 3 is 2.75 bits per heavy atom. The average molecular weight is 351 g/mol. The number of carbonyl (C=O) groups excluding carboxylic acids is 1.